The van der Waals surface area contributed by atoms with Gasteiger partial charge >= 0.3 is 0 Å². The smallest absolute Gasteiger partial charge is 0.159 e. The molecular weight excluding hydrogens is 307 g/mol. The molecule has 0 saturated carbocycles. The summed E-state index contributed by atoms with van der Waals surface area (Å²) >= 11 is 9.42. The third-order valence-corrected chi connectivity index (χ3v) is 4.03. The normalized spacial score (nSPS) is 24.2. The standard InChI is InChI=1S/C11H14BrClN2O2/c1-6-3-4-8(17-6)11-14-7(5-16-2)9(12)10(13)15-11/h6,8H,3-5H2,1-2H3. The molecule has 0 aromatic carbocycles. The summed E-state index contributed by atoms with van der Waals surface area (Å²) < 4.78 is 11.5. The largest absolute Gasteiger partial charge is 0.378 e. The molecular formula is C11H14BrClN2O2. The van der Waals surface area contributed by atoms with Gasteiger partial charge < -0.3 is 9.47 Å². The van der Waals surface area contributed by atoms with Crippen LogP contribution in [0.5, 0.6) is 0 Å². The minimum absolute atomic E-state index is 0.0498. The molecule has 0 spiro atoms. The van der Waals surface area contributed by atoms with E-state index in [2.05, 4.69) is 32.8 Å². The summed E-state index contributed by atoms with van der Waals surface area (Å²) in [6.45, 7) is 2.45. The Morgan fingerprint density at radius 2 is 2.24 bits per heavy atom. The molecule has 1 aliphatic heterocycles. The van der Waals surface area contributed by atoms with Gasteiger partial charge in [0, 0.05) is 7.11 Å². The van der Waals surface area contributed by atoms with Gasteiger partial charge in [0.2, 0.25) is 0 Å². The molecule has 0 N–H and O–H groups in total. The second-order valence-electron chi connectivity index (χ2n) is 4.08. The Morgan fingerprint density at radius 1 is 1.47 bits per heavy atom. The van der Waals surface area contributed by atoms with Gasteiger partial charge in [-0.1, -0.05) is 11.6 Å². The molecule has 1 aromatic rings. The molecule has 6 heteroatoms. The Hall–Kier alpha value is -0.230. The molecule has 0 amide bonds. The fourth-order valence-corrected chi connectivity index (χ4v) is 2.34. The average molecular weight is 322 g/mol. The van der Waals surface area contributed by atoms with Gasteiger partial charge in [-0.3, -0.25) is 0 Å². The van der Waals surface area contributed by atoms with Crippen LogP contribution >= 0.6 is 27.5 Å². The van der Waals surface area contributed by atoms with E-state index in [0.29, 0.717) is 22.1 Å². The van der Waals surface area contributed by atoms with E-state index in [0.717, 1.165) is 18.5 Å². The van der Waals surface area contributed by atoms with Crippen LogP contribution in [0, 0.1) is 0 Å². The molecule has 17 heavy (non-hydrogen) atoms. The number of rotatable bonds is 3. The molecule has 2 atom stereocenters. The fourth-order valence-electron chi connectivity index (χ4n) is 1.85. The lowest BCUT2D eigenvalue weighted by atomic mass is 10.2. The lowest BCUT2D eigenvalue weighted by Crippen LogP contribution is -2.09. The van der Waals surface area contributed by atoms with Gasteiger partial charge in [-0.05, 0) is 35.7 Å². The number of halogens is 2. The van der Waals surface area contributed by atoms with E-state index in [-0.39, 0.29) is 12.2 Å². The van der Waals surface area contributed by atoms with Crippen molar-refractivity contribution in [1.29, 1.82) is 0 Å². The van der Waals surface area contributed by atoms with Crippen LogP contribution in [-0.2, 0) is 16.1 Å². The van der Waals surface area contributed by atoms with Crippen LogP contribution in [0.15, 0.2) is 4.47 Å². The van der Waals surface area contributed by atoms with Crippen molar-refractivity contribution in [3.05, 3.63) is 21.1 Å². The summed E-state index contributed by atoms with van der Waals surface area (Å²) in [5.74, 6) is 0.648. The van der Waals surface area contributed by atoms with Crippen molar-refractivity contribution in [3.63, 3.8) is 0 Å². The summed E-state index contributed by atoms with van der Waals surface area (Å²) in [6.07, 6.45) is 2.18. The van der Waals surface area contributed by atoms with E-state index in [1.807, 2.05) is 0 Å². The quantitative estimate of drug-likeness (QED) is 0.801. The van der Waals surface area contributed by atoms with Crippen molar-refractivity contribution < 1.29 is 9.47 Å². The molecule has 2 unspecified atom stereocenters. The molecule has 2 heterocycles. The zero-order valence-electron chi connectivity index (χ0n) is 9.74. The molecule has 4 nitrogen and oxygen atoms in total. The highest BCUT2D eigenvalue weighted by Gasteiger charge is 2.27. The monoisotopic (exact) mass is 320 g/mol. The Morgan fingerprint density at radius 3 is 2.82 bits per heavy atom. The molecule has 2 rings (SSSR count). The van der Waals surface area contributed by atoms with Crippen LogP contribution in [0.1, 0.15) is 37.4 Å². The average Bonchev–Trinajstić information content (AvgIpc) is 2.71. The fraction of sp³-hybridized carbons (Fsp3) is 0.636. The van der Waals surface area contributed by atoms with E-state index in [1.165, 1.54) is 0 Å². The summed E-state index contributed by atoms with van der Waals surface area (Å²) in [7, 11) is 1.62. The second kappa shape index (κ2) is 5.61. The van der Waals surface area contributed by atoms with E-state index < -0.39 is 0 Å². The maximum atomic E-state index is 6.06. The van der Waals surface area contributed by atoms with Crippen LogP contribution in [0.25, 0.3) is 0 Å². The Bertz CT molecular complexity index is 417. The lowest BCUT2D eigenvalue weighted by Gasteiger charge is -2.12. The van der Waals surface area contributed by atoms with Crippen LogP contribution in [0.3, 0.4) is 0 Å². The first-order valence-electron chi connectivity index (χ1n) is 5.48. The minimum atomic E-state index is -0.0498. The number of aromatic nitrogens is 2. The van der Waals surface area contributed by atoms with Gasteiger partial charge in [-0.2, -0.15) is 0 Å². The Labute approximate surface area is 114 Å². The minimum Gasteiger partial charge on any atom is -0.378 e. The predicted molar refractivity (Wildman–Crippen MR) is 68.0 cm³/mol. The van der Waals surface area contributed by atoms with Gasteiger partial charge in [-0.25, -0.2) is 9.97 Å². The lowest BCUT2D eigenvalue weighted by molar-refractivity contribution is 0.0498. The van der Waals surface area contributed by atoms with E-state index in [1.54, 1.807) is 7.11 Å². The topological polar surface area (TPSA) is 44.2 Å². The van der Waals surface area contributed by atoms with Crippen molar-refractivity contribution in [2.75, 3.05) is 7.11 Å². The summed E-state index contributed by atoms with van der Waals surface area (Å²) in [5.41, 5.74) is 0.755. The van der Waals surface area contributed by atoms with E-state index in [9.17, 15) is 0 Å². The maximum Gasteiger partial charge on any atom is 0.159 e. The van der Waals surface area contributed by atoms with Crippen LogP contribution < -0.4 is 0 Å². The first-order valence-corrected chi connectivity index (χ1v) is 6.65. The van der Waals surface area contributed by atoms with Crippen LogP contribution in [-0.4, -0.2) is 23.2 Å². The number of hydrogen-bond acceptors (Lipinski definition) is 4. The molecule has 1 aliphatic rings. The molecule has 1 fully saturated rings. The van der Waals surface area contributed by atoms with E-state index >= 15 is 0 Å². The molecule has 94 valence electrons. The Kier molecular flexibility index (Phi) is 4.36. The van der Waals surface area contributed by atoms with Gasteiger partial charge in [-0.15, -0.1) is 0 Å². The number of methoxy groups -OCH3 is 1. The molecule has 0 aliphatic carbocycles. The third-order valence-electron chi connectivity index (χ3n) is 2.70. The first kappa shape index (κ1) is 13.2. The maximum absolute atomic E-state index is 6.06. The van der Waals surface area contributed by atoms with Gasteiger partial charge in [0.1, 0.15) is 11.3 Å². The van der Waals surface area contributed by atoms with Gasteiger partial charge in [0.15, 0.2) is 5.82 Å². The molecule has 1 saturated heterocycles. The van der Waals surface area contributed by atoms with Crippen LogP contribution in [0.2, 0.25) is 5.15 Å². The molecule has 0 radical (unpaired) electrons. The van der Waals surface area contributed by atoms with Crippen molar-refractivity contribution in [3.8, 4) is 0 Å². The van der Waals surface area contributed by atoms with Gasteiger partial charge in [0.05, 0.1) is 22.9 Å². The highest BCUT2D eigenvalue weighted by atomic mass is 79.9. The van der Waals surface area contributed by atoms with Gasteiger partial charge in [0.25, 0.3) is 0 Å². The third kappa shape index (κ3) is 2.96. The predicted octanol–water partition coefficient (Wildman–Crippen LogP) is 3.28. The Balaban J connectivity index is 2.28. The molecule has 1 aromatic heterocycles. The van der Waals surface area contributed by atoms with Crippen molar-refractivity contribution in [1.82, 2.24) is 9.97 Å². The highest BCUT2D eigenvalue weighted by molar-refractivity contribution is 9.10. The molecule has 0 bridgehead atoms. The second-order valence-corrected chi connectivity index (χ2v) is 5.23. The zero-order valence-corrected chi connectivity index (χ0v) is 12.1. The summed E-state index contributed by atoms with van der Waals surface area (Å²) in [4.78, 5) is 8.71. The highest BCUT2D eigenvalue weighted by Crippen LogP contribution is 2.33. The zero-order chi connectivity index (χ0) is 12.4. The number of hydrogen-bond donors (Lipinski definition) is 0. The summed E-state index contributed by atoms with van der Waals surface area (Å²) in [5, 5.41) is 0.408. The van der Waals surface area contributed by atoms with Crippen molar-refractivity contribution in [2.45, 2.75) is 38.6 Å². The summed E-state index contributed by atoms with van der Waals surface area (Å²) in [6, 6.07) is 0. The van der Waals surface area contributed by atoms with Crippen molar-refractivity contribution in [2.24, 2.45) is 0 Å². The van der Waals surface area contributed by atoms with E-state index in [4.69, 9.17) is 21.1 Å². The van der Waals surface area contributed by atoms with Crippen LogP contribution in [0.4, 0.5) is 0 Å². The number of nitrogens with zero attached hydrogens (tertiary/aromatic N) is 2. The van der Waals surface area contributed by atoms with Crippen molar-refractivity contribution >= 4 is 27.5 Å². The number of ether oxygens (including phenoxy) is 2. The SMILES string of the molecule is COCc1nc(C2CCC(C)O2)nc(Cl)c1Br. The first-order chi connectivity index (χ1) is 8.11.